The summed E-state index contributed by atoms with van der Waals surface area (Å²) in [5.41, 5.74) is 1.34. The van der Waals surface area contributed by atoms with E-state index in [1.807, 2.05) is 0 Å². The Kier molecular flexibility index (Phi) is 7.82. The number of nitrogens with one attached hydrogen (secondary N) is 1. The number of methoxy groups -OCH3 is 1. The molecule has 10 heteroatoms. The Balaban J connectivity index is 1.88. The van der Waals surface area contributed by atoms with E-state index in [1.165, 1.54) is 36.3 Å². The number of amides is 2. The van der Waals surface area contributed by atoms with Gasteiger partial charge < -0.3 is 14.6 Å². The number of thiocarbonyl (C=S) groups is 1. The third-order valence-electron chi connectivity index (χ3n) is 4.62. The molecule has 2 N–H and O–H groups in total. The SMILES string of the molecule is C=CCN1C(=O)/C(=C/c2cc(I)c(OCc3cccc(C(=O)O)c3)c(OC)c2)C(=O)NC1=S. The Morgan fingerprint density at radius 3 is 2.73 bits per heavy atom. The van der Waals surface area contributed by atoms with Crippen LogP contribution in [0.25, 0.3) is 6.08 Å². The number of carbonyl (C=O) groups excluding carboxylic acids is 2. The lowest BCUT2D eigenvalue weighted by Gasteiger charge is -2.27. The van der Waals surface area contributed by atoms with Crippen LogP contribution in [0.15, 0.2) is 54.6 Å². The van der Waals surface area contributed by atoms with Gasteiger partial charge in [-0.25, -0.2) is 4.79 Å². The highest BCUT2D eigenvalue weighted by molar-refractivity contribution is 14.1. The molecular formula is C23H19IN2O6S. The molecule has 0 unspecified atom stereocenters. The maximum Gasteiger partial charge on any atom is 0.335 e. The summed E-state index contributed by atoms with van der Waals surface area (Å²) in [5, 5.41) is 11.7. The van der Waals surface area contributed by atoms with Crippen molar-refractivity contribution in [3.8, 4) is 11.5 Å². The van der Waals surface area contributed by atoms with E-state index in [-0.39, 0.29) is 29.4 Å². The standard InChI is InChI=1S/C23H19IN2O6S/c1-3-7-26-21(28)16(20(27)25-23(26)33)9-14-10-17(24)19(18(11-14)31-2)32-12-13-5-4-6-15(8-13)22(29)30/h3-6,8-11H,1,7,12H2,2H3,(H,29,30)(H,25,27,33)/b16-9+. The first-order valence-corrected chi connectivity index (χ1v) is 11.1. The predicted molar refractivity (Wildman–Crippen MR) is 134 cm³/mol. The summed E-state index contributed by atoms with van der Waals surface area (Å²) >= 11 is 7.12. The van der Waals surface area contributed by atoms with E-state index in [0.29, 0.717) is 26.2 Å². The Bertz CT molecular complexity index is 1190. The molecule has 0 atom stereocenters. The fourth-order valence-electron chi connectivity index (χ4n) is 3.07. The second-order valence-corrected chi connectivity index (χ2v) is 8.40. The number of hydrogen-bond acceptors (Lipinski definition) is 6. The Morgan fingerprint density at radius 2 is 2.06 bits per heavy atom. The van der Waals surface area contributed by atoms with Crippen molar-refractivity contribution in [2.24, 2.45) is 0 Å². The normalized spacial score (nSPS) is 14.8. The number of hydrogen-bond donors (Lipinski definition) is 2. The van der Waals surface area contributed by atoms with Crippen LogP contribution in [-0.4, -0.2) is 46.6 Å². The van der Waals surface area contributed by atoms with Crippen LogP contribution in [0.5, 0.6) is 11.5 Å². The van der Waals surface area contributed by atoms with Gasteiger partial charge in [0.25, 0.3) is 11.8 Å². The van der Waals surface area contributed by atoms with E-state index in [0.717, 1.165) is 0 Å². The molecule has 8 nitrogen and oxygen atoms in total. The van der Waals surface area contributed by atoms with Crippen LogP contribution in [0.2, 0.25) is 0 Å². The van der Waals surface area contributed by atoms with Gasteiger partial charge in [0.05, 0.1) is 16.2 Å². The van der Waals surface area contributed by atoms with Crippen molar-refractivity contribution in [2.75, 3.05) is 13.7 Å². The number of carboxylic acids is 1. The number of carboxylic acid groups (broad SMARTS) is 1. The van der Waals surface area contributed by atoms with Gasteiger partial charge in [-0.2, -0.15) is 0 Å². The molecule has 3 rings (SSSR count). The second-order valence-electron chi connectivity index (χ2n) is 6.85. The lowest BCUT2D eigenvalue weighted by Crippen LogP contribution is -2.53. The van der Waals surface area contributed by atoms with Crippen LogP contribution in [0.3, 0.4) is 0 Å². The van der Waals surface area contributed by atoms with E-state index in [1.54, 1.807) is 24.3 Å². The van der Waals surface area contributed by atoms with Crippen molar-refractivity contribution in [1.29, 1.82) is 0 Å². The molecule has 1 saturated heterocycles. The summed E-state index contributed by atoms with van der Waals surface area (Å²) in [6.07, 6.45) is 2.98. The molecule has 0 bridgehead atoms. The summed E-state index contributed by atoms with van der Waals surface area (Å²) in [7, 11) is 1.48. The first kappa shape index (κ1) is 24.4. The number of halogens is 1. The van der Waals surface area contributed by atoms with Crippen LogP contribution in [0, 0.1) is 3.57 Å². The average molecular weight is 578 g/mol. The molecule has 0 spiro atoms. The second kappa shape index (κ2) is 10.6. The van der Waals surface area contributed by atoms with E-state index in [9.17, 15) is 14.4 Å². The first-order valence-electron chi connectivity index (χ1n) is 9.57. The number of ether oxygens (including phenoxy) is 2. The maximum atomic E-state index is 12.7. The van der Waals surface area contributed by atoms with Gasteiger partial charge in [-0.1, -0.05) is 18.2 Å². The minimum absolute atomic E-state index is 0.0323. The Labute approximate surface area is 209 Å². The minimum Gasteiger partial charge on any atom is -0.493 e. The maximum absolute atomic E-state index is 12.7. The van der Waals surface area contributed by atoms with Gasteiger partial charge in [-0.05, 0) is 76.3 Å². The molecular weight excluding hydrogens is 559 g/mol. The monoisotopic (exact) mass is 578 g/mol. The summed E-state index contributed by atoms with van der Waals surface area (Å²) in [6.45, 7) is 3.90. The van der Waals surface area contributed by atoms with Crippen molar-refractivity contribution in [3.63, 3.8) is 0 Å². The van der Waals surface area contributed by atoms with Crippen LogP contribution in [0.1, 0.15) is 21.5 Å². The summed E-state index contributed by atoms with van der Waals surface area (Å²) in [6, 6.07) is 9.83. The molecule has 1 heterocycles. The number of rotatable bonds is 8. The zero-order valence-corrected chi connectivity index (χ0v) is 20.4. The van der Waals surface area contributed by atoms with Gasteiger partial charge >= 0.3 is 5.97 Å². The third kappa shape index (κ3) is 5.57. The first-order chi connectivity index (χ1) is 15.7. The molecule has 0 saturated carbocycles. The van der Waals surface area contributed by atoms with Crippen molar-refractivity contribution in [1.82, 2.24) is 10.2 Å². The zero-order valence-electron chi connectivity index (χ0n) is 17.5. The molecule has 170 valence electrons. The van der Waals surface area contributed by atoms with Crippen molar-refractivity contribution >= 4 is 63.8 Å². The fraction of sp³-hybridized carbons (Fsp3) is 0.130. The summed E-state index contributed by atoms with van der Waals surface area (Å²) in [5.74, 6) is -1.27. The Morgan fingerprint density at radius 1 is 1.30 bits per heavy atom. The smallest absolute Gasteiger partial charge is 0.335 e. The molecule has 0 aromatic heterocycles. The molecule has 1 aliphatic rings. The van der Waals surface area contributed by atoms with E-state index >= 15 is 0 Å². The molecule has 1 fully saturated rings. The number of carbonyl (C=O) groups is 3. The highest BCUT2D eigenvalue weighted by atomic mass is 127. The highest BCUT2D eigenvalue weighted by Gasteiger charge is 2.32. The molecule has 33 heavy (non-hydrogen) atoms. The minimum atomic E-state index is -1.02. The summed E-state index contributed by atoms with van der Waals surface area (Å²) in [4.78, 5) is 37.5. The lowest BCUT2D eigenvalue weighted by molar-refractivity contribution is -0.128. The number of benzene rings is 2. The molecule has 2 aromatic carbocycles. The number of aromatic carboxylic acids is 1. The number of nitrogens with zero attached hydrogens (tertiary/aromatic N) is 1. The molecule has 0 aliphatic carbocycles. The van der Waals surface area contributed by atoms with E-state index in [2.05, 4.69) is 34.5 Å². The van der Waals surface area contributed by atoms with Crippen molar-refractivity contribution < 1.29 is 29.0 Å². The summed E-state index contributed by atoms with van der Waals surface area (Å²) < 4.78 is 12.0. The molecule has 0 radical (unpaired) electrons. The van der Waals surface area contributed by atoms with Gasteiger partial charge in [0.15, 0.2) is 16.6 Å². The van der Waals surface area contributed by atoms with Gasteiger partial charge in [0.1, 0.15) is 12.2 Å². The van der Waals surface area contributed by atoms with Gasteiger partial charge in [-0.15, -0.1) is 6.58 Å². The van der Waals surface area contributed by atoms with Crippen LogP contribution >= 0.6 is 34.8 Å². The fourth-order valence-corrected chi connectivity index (χ4v) is 4.10. The van der Waals surface area contributed by atoms with Gasteiger partial charge in [0, 0.05) is 6.54 Å². The van der Waals surface area contributed by atoms with Crippen LogP contribution in [0.4, 0.5) is 0 Å². The predicted octanol–water partition coefficient (Wildman–Crippen LogP) is 3.39. The van der Waals surface area contributed by atoms with Gasteiger partial charge in [-0.3, -0.25) is 19.8 Å². The lowest BCUT2D eigenvalue weighted by atomic mass is 10.1. The Hall–Kier alpha value is -3.25. The zero-order chi connectivity index (χ0) is 24.1. The third-order valence-corrected chi connectivity index (χ3v) is 5.74. The van der Waals surface area contributed by atoms with E-state index < -0.39 is 17.8 Å². The molecule has 1 aliphatic heterocycles. The highest BCUT2D eigenvalue weighted by Crippen LogP contribution is 2.35. The van der Waals surface area contributed by atoms with Crippen LogP contribution in [-0.2, 0) is 16.2 Å². The average Bonchev–Trinajstić information content (AvgIpc) is 2.78. The van der Waals surface area contributed by atoms with Crippen LogP contribution < -0.4 is 14.8 Å². The topological polar surface area (TPSA) is 105 Å². The van der Waals surface area contributed by atoms with Crippen molar-refractivity contribution in [3.05, 3.63) is 74.9 Å². The van der Waals surface area contributed by atoms with E-state index in [4.69, 9.17) is 26.8 Å². The molecule has 2 amide bonds. The molecule has 2 aromatic rings. The van der Waals surface area contributed by atoms with Gasteiger partial charge in [0.2, 0.25) is 0 Å². The quantitative estimate of drug-likeness (QED) is 0.163. The van der Waals surface area contributed by atoms with Crippen molar-refractivity contribution in [2.45, 2.75) is 6.61 Å². The largest absolute Gasteiger partial charge is 0.493 e.